The van der Waals surface area contributed by atoms with Gasteiger partial charge in [-0.2, -0.15) is 0 Å². The molecule has 0 aromatic heterocycles. The van der Waals surface area contributed by atoms with Gasteiger partial charge in [-0.3, -0.25) is 4.79 Å². The molecule has 0 spiro atoms. The highest BCUT2D eigenvalue weighted by Gasteiger charge is 2.25. The molecule has 25 heavy (non-hydrogen) atoms. The Kier molecular flexibility index (Phi) is 6.67. The number of benzene rings is 1. The summed E-state index contributed by atoms with van der Waals surface area (Å²) in [6, 6.07) is 2.79. The zero-order chi connectivity index (χ0) is 18.4. The highest BCUT2D eigenvalue weighted by molar-refractivity contribution is 5.97. The van der Waals surface area contributed by atoms with Crippen molar-refractivity contribution in [3.05, 3.63) is 17.7 Å². The Morgan fingerprint density at radius 1 is 1.24 bits per heavy atom. The first-order valence-corrected chi connectivity index (χ1v) is 8.80. The van der Waals surface area contributed by atoms with Gasteiger partial charge in [-0.1, -0.05) is 32.6 Å². The summed E-state index contributed by atoms with van der Waals surface area (Å²) < 4.78 is 10.5. The number of methoxy groups -OCH3 is 2. The molecular weight excluding hydrogens is 322 g/mol. The summed E-state index contributed by atoms with van der Waals surface area (Å²) >= 11 is 0. The Hall–Kier alpha value is -2.24. The quantitative estimate of drug-likeness (QED) is 0.742. The van der Waals surface area contributed by atoms with Crippen LogP contribution in [0.2, 0.25) is 0 Å². The topological polar surface area (TPSA) is 84.9 Å². The molecule has 6 nitrogen and oxygen atoms in total. The Morgan fingerprint density at radius 2 is 1.92 bits per heavy atom. The standard InChI is InChI=1S/C19H27NO5/c1-4-13(9-12-7-5-6-8-12)18(21)20-15-10-14(19(22)23)11-16(24-2)17(15)25-3/h10-13H,4-9H2,1-3H3,(H,20,21)(H,22,23). The number of carboxylic acid groups (broad SMARTS) is 1. The number of amides is 1. The minimum Gasteiger partial charge on any atom is -0.493 e. The van der Waals surface area contributed by atoms with Gasteiger partial charge in [-0.05, 0) is 30.9 Å². The molecule has 2 rings (SSSR count). The van der Waals surface area contributed by atoms with E-state index in [0.717, 1.165) is 12.8 Å². The fourth-order valence-corrected chi connectivity index (χ4v) is 3.52. The summed E-state index contributed by atoms with van der Waals surface area (Å²) in [6.45, 7) is 2.00. The molecule has 2 N–H and O–H groups in total. The average molecular weight is 349 g/mol. The van der Waals surface area contributed by atoms with Crippen LogP contribution < -0.4 is 14.8 Å². The van der Waals surface area contributed by atoms with Crippen molar-refractivity contribution in [3.8, 4) is 11.5 Å². The number of carbonyl (C=O) groups is 2. The van der Waals surface area contributed by atoms with Crippen LogP contribution in [0.4, 0.5) is 5.69 Å². The van der Waals surface area contributed by atoms with Gasteiger partial charge in [0.15, 0.2) is 11.5 Å². The van der Waals surface area contributed by atoms with E-state index in [2.05, 4.69) is 5.32 Å². The molecule has 1 fully saturated rings. The van der Waals surface area contributed by atoms with Crippen LogP contribution >= 0.6 is 0 Å². The van der Waals surface area contributed by atoms with Gasteiger partial charge in [-0.15, -0.1) is 0 Å². The summed E-state index contributed by atoms with van der Waals surface area (Å²) in [6.07, 6.45) is 6.49. The Labute approximate surface area is 148 Å². The van der Waals surface area contributed by atoms with Crippen LogP contribution in [-0.2, 0) is 4.79 Å². The molecule has 0 bridgehead atoms. The number of rotatable bonds is 8. The lowest BCUT2D eigenvalue weighted by molar-refractivity contribution is -0.120. The third-order valence-corrected chi connectivity index (χ3v) is 4.94. The Bertz CT molecular complexity index is 622. The van der Waals surface area contributed by atoms with Gasteiger partial charge in [0.05, 0.1) is 25.5 Å². The highest BCUT2D eigenvalue weighted by Crippen LogP contribution is 2.38. The third kappa shape index (κ3) is 4.65. The summed E-state index contributed by atoms with van der Waals surface area (Å²) in [7, 11) is 2.90. The molecule has 1 atom stereocenters. The first-order chi connectivity index (χ1) is 12.0. The highest BCUT2D eigenvalue weighted by atomic mass is 16.5. The zero-order valence-electron chi connectivity index (χ0n) is 15.1. The minimum atomic E-state index is -1.09. The summed E-state index contributed by atoms with van der Waals surface area (Å²) in [5.74, 6) is -0.0605. The molecule has 1 saturated carbocycles. The summed E-state index contributed by atoms with van der Waals surface area (Å²) in [4.78, 5) is 24.0. The van der Waals surface area contributed by atoms with E-state index in [0.29, 0.717) is 17.4 Å². The van der Waals surface area contributed by atoms with Crippen molar-refractivity contribution in [2.75, 3.05) is 19.5 Å². The summed E-state index contributed by atoms with van der Waals surface area (Å²) in [5.41, 5.74) is 0.367. The number of hydrogen-bond donors (Lipinski definition) is 2. The lowest BCUT2D eigenvalue weighted by Crippen LogP contribution is -2.24. The van der Waals surface area contributed by atoms with Crippen LogP contribution in [-0.4, -0.2) is 31.2 Å². The maximum atomic E-state index is 12.7. The zero-order valence-corrected chi connectivity index (χ0v) is 15.1. The Morgan fingerprint density at radius 3 is 2.44 bits per heavy atom. The average Bonchev–Trinajstić information content (AvgIpc) is 3.11. The van der Waals surface area contributed by atoms with Crippen LogP contribution in [0.15, 0.2) is 12.1 Å². The normalized spacial score (nSPS) is 15.6. The molecule has 1 amide bonds. The SMILES string of the molecule is CCC(CC1CCCC1)C(=O)Nc1cc(C(=O)O)cc(OC)c1OC. The predicted octanol–water partition coefficient (Wildman–Crippen LogP) is 3.95. The number of nitrogens with one attached hydrogen (secondary N) is 1. The van der Waals surface area contributed by atoms with Crippen molar-refractivity contribution in [1.29, 1.82) is 0 Å². The van der Waals surface area contributed by atoms with Crippen molar-refractivity contribution in [3.63, 3.8) is 0 Å². The number of anilines is 1. The van der Waals surface area contributed by atoms with E-state index in [1.165, 1.54) is 52.0 Å². The molecule has 0 saturated heterocycles. The van der Waals surface area contributed by atoms with E-state index in [9.17, 15) is 14.7 Å². The monoisotopic (exact) mass is 349 g/mol. The van der Waals surface area contributed by atoms with Crippen LogP contribution in [0.5, 0.6) is 11.5 Å². The van der Waals surface area contributed by atoms with Gasteiger partial charge >= 0.3 is 5.97 Å². The van der Waals surface area contributed by atoms with Gasteiger partial charge < -0.3 is 19.9 Å². The second-order valence-corrected chi connectivity index (χ2v) is 6.55. The molecule has 138 valence electrons. The molecule has 1 aliphatic rings. The fourth-order valence-electron chi connectivity index (χ4n) is 3.52. The van der Waals surface area contributed by atoms with Crippen LogP contribution in [0.25, 0.3) is 0 Å². The molecular formula is C19H27NO5. The van der Waals surface area contributed by atoms with E-state index in [1.807, 2.05) is 6.92 Å². The second kappa shape index (κ2) is 8.74. The number of aromatic carboxylic acids is 1. The van der Waals surface area contributed by atoms with E-state index >= 15 is 0 Å². The van der Waals surface area contributed by atoms with Crippen molar-refractivity contribution in [2.24, 2.45) is 11.8 Å². The second-order valence-electron chi connectivity index (χ2n) is 6.55. The molecule has 1 aromatic rings. The fraction of sp³-hybridized carbons (Fsp3) is 0.579. The lowest BCUT2D eigenvalue weighted by atomic mass is 9.90. The first-order valence-electron chi connectivity index (χ1n) is 8.80. The molecule has 1 unspecified atom stereocenters. The first kappa shape index (κ1) is 19.1. The molecule has 6 heteroatoms. The van der Waals surface area contributed by atoms with E-state index < -0.39 is 5.97 Å². The third-order valence-electron chi connectivity index (χ3n) is 4.94. The van der Waals surface area contributed by atoms with Crippen LogP contribution in [0.3, 0.4) is 0 Å². The summed E-state index contributed by atoms with van der Waals surface area (Å²) in [5, 5.41) is 12.1. The van der Waals surface area contributed by atoms with Gasteiger partial charge in [0.25, 0.3) is 0 Å². The van der Waals surface area contributed by atoms with Crippen LogP contribution in [0.1, 0.15) is 55.8 Å². The Balaban J connectivity index is 2.22. The number of ether oxygens (including phenoxy) is 2. The molecule has 0 aliphatic heterocycles. The van der Waals surface area contributed by atoms with Gasteiger partial charge in [0.2, 0.25) is 5.91 Å². The number of hydrogen-bond acceptors (Lipinski definition) is 4. The van der Waals surface area contributed by atoms with Crippen molar-refractivity contribution < 1.29 is 24.2 Å². The molecule has 1 aliphatic carbocycles. The minimum absolute atomic E-state index is 0.0387. The van der Waals surface area contributed by atoms with Crippen LogP contribution in [0, 0.1) is 11.8 Å². The smallest absolute Gasteiger partial charge is 0.335 e. The van der Waals surface area contributed by atoms with E-state index in [-0.39, 0.29) is 23.1 Å². The molecule has 0 heterocycles. The lowest BCUT2D eigenvalue weighted by Gasteiger charge is -2.20. The maximum absolute atomic E-state index is 12.7. The van der Waals surface area contributed by atoms with Gasteiger partial charge in [-0.25, -0.2) is 4.79 Å². The number of carbonyl (C=O) groups excluding carboxylic acids is 1. The number of carboxylic acids is 1. The predicted molar refractivity (Wildman–Crippen MR) is 95.5 cm³/mol. The maximum Gasteiger partial charge on any atom is 0.335 e. The van der Waals surface area contributed by atoms with E-state index in [1.54, 1.807) is 0 Å². The van der Waals surface area contributed by atoms with E-state index in [4.69, 9.17) is 9.47 Å². The molecule has 0 radical (unpaired) electrons. The van der Waals surface area contributed by atoms with Crippen molar-refractivity contribution >= 4 is 17.6 Å². The van der Waals surface area contributed by atoms with Gasteiger partial charge in [0, 0.05) is 5.92 Å². The van der Waals surface area contributed by atoms with Crippen molar-refractivity contribution in [2.45, 2.75) is 45.4 Å². The largest absolute Gasteiger partial charge is 0.493 e. The van der Waals surface area contributed by atoms with Gasteiger partial charge in [0.1, 0.15) is 0 Å². The van der Waals surface area contributed by atoms with Crippen molar-refractivity contribution in [1.82, 2.24) is 0 Å². The molecule has 1 aromatic carbocycles.